The molecule has 2 unspecified atom stereocenters. The maximum atomic E-state index is 13.6. The van der Waals surface area contributed by atoms with Gasteiger partial charge >= 0.3 is 0 Å². The molecule has 3 N–H and O–H groups in total. The number of piperidine rings is 1. The molecule has 1 heterocycles. The number of carbonyl (C=O) groups excluding carboxylic acids is 1. The average Bonchev–Trinajstić information content (AvgIpc) is 2.46. The number of nitrogens with one attached hydrogen (secondary N) is 1. The third-order valence-corrected chi connectivity index (χ3v) is 5.17. The van der Waals surface area contributed by atoms with Crippen LogP contribution >= 0.6 is 0 Å². The van der Waals surface area contributed by atoms with Crippen LogP contribution in [-0.4, -0.2) is 44.4 Å². The van der Waals surface area contributed by atoms with Crippen LogP contribution in [0.1, 0.15) is 19.8 Å². The Kier molecular flexibility index (Phi) is 5.15. The van der Waals surface area contributed by atoms with E-state index >= 15 is 0 Å². The largest absolute Gasteiger partial charge is 0.340 e. The topological polar surface area (TPSA) is 92.5 Å². The summed E-state index contributed by atoms with van der Waals surface area (Å²) in [4.78, 5) is 13.4. The highest BCUT2D eigenvalue weighted by molar-refractivity contribution is 7.89. The number of rotatable bonds is 4. The normalized spacial score (nSPS) is 20.7. The van der Waals surface area contributed by atoms with Gasteiger partial charge in [0.15, 0.2) is 0 Å². The van der Waals surface area contributed by atoms with E-state index in [0.29, 0.717) is 13.1 Å². The number of hydrogen-bond donors (Lipinski definition) is 2. The van der Waals surface area contributed by atoms with Crippen molar-refractivity contribution in [1.29, 1.82) is 0 Å². The van der Waals surface area contributed by atoms with Gasteiger partial charge in [-0.2, -0.15) is 4.72 Å². The molecule has 1 aliphatic heterocycles. The predicted molar refractivity (Wildman–Crippen MR) is 80.0 cm³/mol. The molecule has 1 saturated heterocycles. The molecule has 0 aliphatic carbocycles. The molecule has 2 rings (SSSR count). The molecule has 0 radical (unpaired) electrons. The molecule has 2 atom stereocenters. The summed E-state index contributed by atoms with van der Waals surface area (Å²) in [7, 11) is -4.09. The fraction of sp³-hybridized carbons (Fsp3) is 0.500. The first kappa shape index (κ1) is 16.9. The van der Waals surface area contributed by atoms with E-state index in [2.05, 4.69) is 4.72 Å². The van der Waals surface area contributed by atoms with Crippen molar-refractivity contribution in [2.24, 2.45) is 5.73 Å². The van der Waals surface area contributed by atoms with Crippen molar-refractivity contribution in [3.8, 4) is 0 Å². The highest BCUT2D eigenvalue weighted by atomic mass is 32.2. The van der Waals surface area contributed by atoms with Crippen LogP contribution in [0.3, 0.4) is 0 Å². The van der Waals surface area contributed by atoms with Crippen molar-refractivity contribution in [1.82, 2.24) is 9.62 Å². The zero-order valence-corrected chi connectivity index (χ0v) is 13.1. The first-order chi connectivity index (χ1) is 10.3. The highest BCUT2D eigenvalue weighted by Gasteiger charge is 2.29. The number of amides is 1. The highest BCUT2D eigenvalue weighted by Crippen LogP contribution is 2.15. The van der Waals surface area contributed by atoms with Gasteiger partial charge in [-0.1, -0.05) is 12.1 Å². The van der Waals surface area contributed by atoms with Crippen LogP contribution in [0.4, 0.5) is 4.39 Å². The third-order valence-electron chi connectivity index (χ3n) is 3.60. The molecule has 1 aromatic carbocycles. The SMILES string of the molecule is CC(NS(=O)(=O)c1ccccc1F)C(=O)N1CCCC(N)C1. The second-order valence-corrected chi connectivity index (χ2v) is 7.14. The molecule has 0 spiro atoms. The van der Waals surface area contributed by atoms with Crippen molar-refractivity contribution >= 4 is 15.9 Å². The Balaban J connectivity index is 2.09. The summed E-state index contributed by atoms with van der Waals surface area (Å²) in [6.45, 7) is 2.41. The van der Waals surface area contributed by atoms with Gasteiger partial charge in [0.1, 0.15) is 10.7 Å². The summed E-state index contributed by atoms with van der Waals surface area (Å²) in [5.41, 5.74) is 5.82. The minimum absolute atomic E-state index is 0.0897. The van der Waals surface area contributed by atoms with Gasteiger partial charge < -0.3 is 10.6 Å². The molecule has 0 aromatic heterocycles. The van der Waals surface area contributed by atoms with E-state index < -0.39 is 26.8 Å². The number of halogens is 1. The van der Waals surface area contributed by atoms with E-state index in [1.807, 2.05) is 0 Å². The number of nitrogens with two attached hydrogens (primary N) is 1. The predicted octanol–water partition coefficient (Wildman–Crippen LogP) is 0.442. The van der Waals surface area contributed by atoms with E-state index in [0.717, 1.165) is 25.0 Å². The van der Waals surface area contributed by atoms with Crippen LogP contribution in [0.15, 0.2) is 29.2 Å². The minimum atomic E-state index is -4.09. The first-order valence-corrected chi connectivity index (χ1v) is 8.61. The van der Waals surface area contributed by atoms with E-state index in [1.165, 1.54) is 19.1 Å². The number of likely N-dealkylation sites (tertiary alicyclic amines) is 1. The standard InChI is InChI=1S/C14H20FN3O3S/c1-10(14(19)18-8-4-5-11(16)9-18)17-22(20,21)13-7-3-2-6-12(13)15/h2-3,6-7,10-11,17H,4-5,8-9,16H2,1H3. The maximum absolute atomic E-state index is 13.6. The van der Waals surface area contributed by atoms with Crippen LogP contribution in [0.5, 0.6) is 0 Å². The van der Waals surface area contributed by atoms with Gasteiger partial charge in [0.25, 0.3) is 0 Å². The van der Waals surface area contributed by atoms with Gasteiger partial charge in [0.05, 0.1) is 6.04 Å². The monoisotopic (exact) mass is 329 g/mol. The minimum Gasteiger partial charge on any atom is -0.340 e. The molecule has 122 valence electrons. The number of hydrogen-bond acceptors (Lipinski definition) is 4. The fourth-order valence-electron chi connectivity index (χ4n) is 2.49. The second kappa shape index (κ2) is 6.72. The molecule has 22 heavy (non-hydrogen) atoms. The van der Waals surface area contributed by atoms with Crippen LogP contribution in [0.25, 0.3) is 0 Å². The van der Waals surface area contributed by atoms with Crippen molar-refractivity contribution < 1.29 is 17.6 Å². The summed E-state index contributed by atoms with van der Waals surface area (Å²) >= 11 is 0. The van der Waals surface area contributed by atoms with E-state index in [-0.39, 0.29) is 11.9 Å². The molecule has 0 saturated carbocycles. The average molecular weight is 329 g/mol. The quantitative estimate of drug-likeness (QED) is 0.838. The summed E-state index contributed by atoms with van der Waals surface area (Å²) in [5, 5.41) is 0. The fourth-order valence-corrected chi connectivity index (χ4v) is 3.77. The molecule has 0 bridgehead atoms. The van der Waals surface area contributed by atoms with Crippen molar-refractivity contribution in [2.75, 3.05) is 13.1 Å². The molecular weight excluding hydrogens is 309 g/mol. The van der Waals surface area contributed by atoms with Crippen molar-refractivity contribution in [2.45, 2.75) is 36.7 Å². The van der Waals surface area contributed by atoms with Gasteiger partial charge in [-0.15, -0.1) is 0 Å². The number of nitrogens with zero attached hydrogens (tertiary/aromatic N) is 1. The van der Waals surface area contributed by atoms with Gasteiger partial charge in [0, 0.05) is 19.1 Å². The summed E-state index contributed by atoms with van der Waals surface area (Å²) < 4.78 is 40.2. The molecule has 8 heteroatoms. The van der Waals surface area contributed by atoms with Gasteiger partial charge in [0.2, 0.25) is 15.9 Å². The van der Waals surface area contributed by atoms with Crippen molar-refractivity contribution in [3.63, 3.8) is 0 Å². The van der Waals surface area contributed by atoms with Crippen LogP contribution in [-0.2, 0) is 14.8 Å². The Morgan fingerprint density at radius 1 is 1.45 bits per heavy atom. The lowest BCUT2D eigenvalue weighted by Gasteiger charge is -2.32. The maximum Gasteiger partial charge on any atom is 0.244 e. The zero-order valence-electron chi connectivity index (χ0n) is 12.3. The summed E-state index contributed by atoms with van der Waals surface area (Å²) in [6, 6.07) is 3.98. The Bertz CT molecular complexity index is 650. The lowest BCUT2D eigenvalue weighted by molar-refractivity contribution is -0.133. The lowest BCUT2D eigenvalue weighted by Crippen LogP contribution is -2.52. The Labute approximate surface area is 129 Å². The van der Waals surface area contributed by atoms with E-state index in [9.17, 15) is 17.6 Å². The van der Waals surface area contributed by atoms with E-state index in [4.69, 9.17) is 5.73 Å². The van der Waals surface area contributed by atoms with Gasteiger partial charge in [-0.25, -0.2) is 12.8 Å². The van der Waals surface area contributed by atoms with Crippen LogP contribution < -0.4 is 10.5 Å². The number of benzene rings is 1. The second-order valence-electron chi connectivity index (χ2n) is 5.46. The lowest BCUT2D eigenvalue weighted by atomic mass is 10.1. The smallest absolute Gasteiger partial charge is 0.244 e. The summed E-state index contributed by atoms with van der Waals surface area (Å²) in [6.07, 6.45) is 1.64. The summed E-state index contributed by atoms with van der Waals surface area (Å²) in [5.74, 6) is -1.20. The molecule has 6 nitrogen and oxygen atoms in total. The molecule has 1 fully saturated rings. The molecule has 1 aromatic rings. The Morgan fingerprint density at radius 3 is 2.77 bits per heavy atom. The first-order valence-electron chi connectivity index (χ1n) is 7.12. The zero-order chi connectivity index (χ0) is 16.3. The Morgan fingerprint density at radius 2 is 2.14 bits per heavy atom. The molecule has 1 aliphatic rings. The number of sulfonamides is 1. The van der Waals surface area contributed by atoms with E-state index in [1.54, 1.807) is 4.90 Å². The van der Waals surface area contributed by atoms with Crippen LogP contribution in [0.2, 0.25) is 0 Å². The Hall–Kier alpha value is -1.51. The molecule has 1 amide bonds. The molecular formula is C14H20FN3O3S. The number of carbonyl (C=O) groups is 1. The van der Waals surface area contributed by atoms with Gasteiger partial charge in [-0.3, -0.25) is 4.79 Å². The van der Waals surface area contributed by atoms with Crippen molar-refractivity contribution in [3.05, 3.63) is 30.1 Å². The van der Waals surface area contributed by atoms with Crippen LogP contribution in [0, 0.1) is 5.82 Å². The third kappa shape index (κ3) is 3.82. The van der Waals surface area contributed by atoms with Gasteiger partial charge in [-0.05, 0) is 31.9 Å².